The maximum Gasteiger partial charge on any atom is 0.338 e. The Hall–Kier alpha value is -3.03. The molecule has 1 fully saturated rings. The molecule has 2 aliphatic rings. The van der Waals surface area contributed by atoms with E-state index in [2.05, 4.69) is 32.6 Å². The number of urea groups is 1. The molecule has 2 heterocycles. The van der Waals surface area contributed by atoms with Gasteiger partial charge in [0.05, 0.1) is 18.2 Å². The van der Waals surface area contributed by atoms with Crippen molar-refractivity contribution >= 4 is 29.3 Å². The van der Waals surface area contributed by atoms with Crippen molar-refractivity contribution in [3.63, 3.8) is 0 Å². The smallest absolute Gasteiger partial charge is 0.338 e. The van der Waals surface area contributed by atoms with Crippen LogP contribution in [0.25, 0.3) is 0 Å². The molecular formula is C24H27ClN4O3. The normalized spacial score (nSPS) is 19.4. The topological polar surface area (TPSA) is 73.9 Å². The Labute approximate surface area is 193 Å². The van der Waals surface area contributed by atoms with Crippen LogP contribution in [0.4, 0.5) is 10.5 Å². The molecule has 1 saturated heterocycles. The number of nitrogens with zero attached hydrogens (tertiary/aromatic N) is 2. The van der Waals surface area contributed by atoms with Crippen LogP contribution in [-0.2, 0) is 9.53 Å². The van der Waals surface area contributed by atoms with E-state index in [1.54, 1.807) is 25.1 Å². The number of ether oxygens (including phenoxy) is 1. The van der Waals surface area contributed by atoms with Gasteiger partial charge in [0.25, 0.3) is 0 Å². The van der Waals surface area contributed by atoms with Crippen LogP contribution in [0.15, 0.2) is 65.9 Å². The first-order valence-electron chi connectivity index (χ1n) is 10.8. The summed E-state index contributed by atoms with van der Waals surface area (Å²) < 4.78 is 5.35. The molecule has 0 spiro atoms. The van der Waals surface area contributed by atoms with Crippen LogP contribution < -0.4 is 15.5 Å². The van der Waals surface area contributed by atoms with E-state index in [-0.39, 0.29) is 12.6 Å². The lowest BCUT2D eigenvalue weighted by Gasteiger charge is -2.38. The maximum absolute atomic E-state index is 12.9. The minimum atomic E-state index is -0.623. The minimum absolute atomic E-state index is 0.252. The van der Waals surface area contributed by atoms with Crippen LogP contribution in [0.1, 0.15) is 18.5 Å². The van der Waals surface area contributed by atoms with Gasteiger partial charge in [0.1, 0.15) is 0 Å². The summed E-state index contributed by atoms with van der Waals surface area (Å²) >= 11 is 6.17. The highest BCUT2D eigenvalue weighted by atomic mass is 35.5. The number of anilines is 1. The average molecular weight is 455 g/mol. The fourth-order valence-corrected chi connectivity index (χ4v) is 4.35. The molecule has 2 aromatic carbocycles. The quantitative estimate of drug-likeness (QED) is 0.655. The molecule has 8 heteroatoms. The average Bonchev–Trinajstić information content (AvgIpc) is 2.80. The monoisotopic (exact) mass is 454 g/mol. The predicted molar refractivity (Wildman–Crippen MR) is 125 cm³/mol. The predicted octanol–water partition coefficient (Wildman–Crippen LogP) is 3.33. The van der Waals surface area contributed by atoms with Gasteiger partial charge in [-0.05, 0) is 36.8 Å². The molecule has 7 nitrogen and oxygen atoms in total. The molecule has 0 aromatic heterocycles. The van der Waals surface area contributed by atoms with E-state index in [0.717, 1.165) is 31.7 Å². The van der Waals surface area contributed by atoms with Gasteiger partial charge in [-0.15, -0.1) is 0 Å². The zero-order chi connectivity index (χ0) is 22.5. The highest BCUT2D eigenvalue weighted by molar-refractivity contribution is 6.30. The summed E-state index contributed by atoms with van der Waals surface area (Å²) in [6, 6.07) is 16.5. The standard InChI is InChI=1S/C24H27ClN4O3/c1-2-32-23(30)21-20(26-24(31)27-22(21)17-7-6-8-18(25)15-17)16-28-11-13-29(14-12-28)19-9-4-3-5-10-19/h3-10,15,22H,2,11-14,16H2,1H3,(H2,26,27,31)/t22-/m1/s1. The number of piperazine rings is 1. The molecule has 1 atom stereocenters. The van der Waals surface area contributed by atoms with Crippen molar-refractivity contribution in [2.45, 2.75) is 13.0 Å². The Balaban J connectivity index is 1.56. The number of para-hydroxylation sites is 1. The number of esters is 1. The van der Waals surface area contributed by atoms with Crippen LogP contribution in [0.3, 0.4) is 0 Å². The van der Waals surface area contributed by atoms with E-state index in [4.69, 9.17) is 16.3 Å². The summed E-state index contributed by atoms with van der Waals surface area (Å²) in [6.07, 6.45) is 0. The highest BCUT2D eigenvalue weighted by Gasteiger charge is 2.34. The third-order valence-electron chi connectivity index (χ3n) is 5.71. The Morgan fingerprint density at radius 2 is 1.84 bits per heavy atom. The van der Waals surface area contributed by atoms with Gasteiger partial charge in [0, 0.05) is 49.1 Å². The Morgan fingerprint density at radius 1 is 1.09 bits per heavy atom. The lowest BCUT2D eigenvalue weighted by molar-refractivity contribution is -0.139. The molecule has 0 radical (unpaired) electrons. The summed E-state index contributed by atoms with van der Waals surface area (Å²) in [5.74, 6) is -0.442. The van der Waals surface area contributed by atoms with E-state index in [9.17, 15) is 9.59 Å². The first-order valence-corrected chi connectivity index (χ1v) is 11.2. The van der Waals surface area contributed by atoms with Gasteiger partial charge in [0.2, 0.25) is 0 Å². The summed E-state index contributed by atoms with van der Waals surface area (Å²) in [4.78, 5) is 30.0. The molecule has 0 bridgehead atoms. The summed E-state index contributed by atoms with van der Waals surface area (Å²) in [5, 5.41) is 6.24. The van der Waals surface area contributed by atoms with Crippen LogP contribution in [0, 0.1) is 0 Å². The van der Waals surface area contributed by atoms with Gasteiger partial charge in [-0.25, -0.2) is 9.59 Å². The number of hydrogen-bond donors (Lipinski definition) is 2. The zero-order valence-electron chi connectivity index (χ0n) is 18.0. The summed E-state index contributed by atoms with van der Waals surface area (Å²) in [5.41, 5.74) is 2.93. The van der Waals surface area contributed by atoms with Crippen molar-refractivity contribution in [1.82, 2.24) is 15.5 Å². The van der Waals surface area contributed by atoms with Gasteiger partial charge in [0.15, 0.2) is 0 Å². The molecule has 0 aliphatic carbocycles. The Kier molecular flexibility index (Phi) is 6.97. The number of benzene rings is 2. The van der Waals surface area contributed by atoms with Crippen LogP contribution >= 0.6 is 11.6 Å². The second kappa shape index (κ2) is 10.1. The van der Waals surface area contributed by atoms with Crippen molar-refractivity contribution in [2.24, 2.45) is 0 Å². The first-order chi connectivity index (χ1) is 15.5. The Morgan fingerprint density at radius 3 is 2.53 bits per heavy atom. The van der Waals surface area contributed by atoms with Crippen LogP contribution in [-0.4, -0.2) is 56.2 Å². The number of nitrogens with one attached hydrogen (secondary N) is 2. The summed E-state index contributed by atoms with van der Waals surface area (Å²) in [6.45, 7) is 5.86. The van der Waals surface area contributed by atoms with Crippen molar-refractivity contribution in [1.29, 1.82) is 0 Å². The third kappa shape index (κ3) is 5.06. The fraction of sp³-hybridized carbons (Fsp3) is 0.333. The van der Waals surface area contributed by atoms with Gasteiger partial charge in [-0.1, -0.05) is 41.9 Å². The molecule has 0 saturated carbocycles. The van der Waals surface area contributed by atoms with Gasteiger partial charge in [-0.3, -0.25) is 4.90 Å². The number of hydrogen-bond acceptors (Lipinski definition) is 5. The zero-order valence-corrected chi connectivity index (χ0v) is 18.8. The van der Waals surface area contributed by atoms with Crippen LogP contribution in [0.5, 0.6) is 0 Å². The molecular weight excluding hydrogens is 428 g/mol. The van der Waals surface area contributed by atoms with Crippen LogP contribution in [0.2, 0.25) is 5.02 Å². The van der Waals surface area contributed by atoms with Crippen molar-refractivity contribution in [2.75, 3.05) is 44.2 Å². The maximum atomic E-state index is 12.9. The SMILES string of the molecule is CCOC(=O)C1=C(CN2CCN(c3ccccc3)CC2)NC(=O)N[C@@H]1c1cccc(Cl)c1. The molecule has 2 amide bonds. The van der Waals surface area contributed by atoms with Gasteiger partial charge >= 0.3 is 12.0 Å². The number of amides is 2. The molecule has 2 N–H and O–H groups in total. The second-order valence-corrected chi connectivity index (χ2v) is 8.23. The highest BCUT2D eigenvalue weighted by Crippen LogP contribution is 2.30. The van der Waals surface area contributed by atoms with E-state index in [0.29, 0.717) is 22.8 Å². The first kappa shape index (κ1) is 22.2. The lowest BCUT2D eigenvalue weighted by atomic mass is 9.95. The molecule has 168 valence electrons. The largest absolute Gasteiger partial charge is 0.463 e. The van der Waals surface area contributed by atoms with E-state index in [1.807, 2.05) is 24.3 Å². The molecule has 2 aromatic rings. The number of carbonyl (C=O) groups excluding carboxylic acids is 2. The van der Waals surface area contributed by atoms with E-state index < -0.39 is 12.0 Å². The minimum Gasteiger partial charge on any atom is -0.463 e. The van der Waals surface area contributed by atoms with Crippen molar-refractivity contribution in [3.05, 3.63) is 76.5 Å². The second-order valence-electron chi connectivity index (χ2n) is 7.80. The molecule has 2 aliphatic heterocycles. The van der Waals surface area contributed by atoms with E-state index in [1.165, 1.54) is 5.69 Å². The fourth-order valence-electron chi connectivity index (χ4n) is 4.16. The Bertz CT molecular complexity index is 1000. The number of carbonyl (C=O) groups is 2. The number of halogens is 1. The number of rotatable bonds is 6. The molecule has 4 rings (SSSR count). The third-order valence-corrected chi connectivity index (χ3v) is 5.94. The van der Waals surface area contributed by atoms with Gasteiger partial charge in [-0.2, -0.15) is 0 Å². The van der Waals surface area contributed by atoms with E-state index >= 15 is 0 Å². The van der Waals surface area contributed by atoms with Crippen molar-refractivity contribution in [3.8, 4) is 0 Å². The summed E-state index contributed by atoms with van der Waals surface area (Å²) in [7, 11) is 0. The van der Waals surface area contributed by atoms with Crippen molar-refractivity contribution < 1.29 is 14.3 Å². The van der Waals surface area contributed by atoms with Gasteiger partial charge < -0.3 is 20.3 Å². The molecule has 0 unspecified atom stereocenters. The lowest BCUT2D eigenvalue weighted by Crippen LogP contribution is -2.51. The molecule has 32 heavy (non-hydrogen) atoms.